The number of alkyl halides is 2. The first-order valence-electron chi connectivity index (χ1n) is 8.68. The van der Waals surface area contributed by atoms with Crippen LogP contribution in [0.4, 0.5) is 8.78 Å². The highest BCUT2D eigenvalue weighted by Gasteiger charge is 2.72. The smallest absolute Gasteiger partial charge is 0.151 e. The first-order chi connectivity index (χ1) is 12.4. The molecular formula is C21H18Cl2F2O. The topological polar surface area (TPSA) is 17.1 Å². The van der Waals surface area contributed by atoms with Gasteiger partial charge in [0.2, 0.25) is 0 Å². The molecule has 0 aromatic heterocycles. The van der Waals surface area contributed by atoms with Gasteiger partial charge >= 0.3 is 0 Å². The van der Waals surface area contributed by atoms with Gasteiger partial charge in [0.1, 0.15) is 12.3 Å². The van der Waals surface area contributed by atoms with Gasteiger partial charge in [0, 0.05) is 10.0 Å². The number of rotatable bonds is 6. The van der Waals surface area contributed by atoms with Crippen LogP contribution in [0.3, 0.4) is 0 Å². The lowest BCUT2D eigenvalue weighted by molar-refractivity contribution is -0.131. The zero-order valence-corrected chi connectivity index (χ0v) is 15.5. The quantitative estimate of drug-likeness (QED) is 0.604. The van der Waals surface area contributed by atoms with Crippen molar-refractivity contribution in [2.24, 2.45) is 10.8 Å². The number of carbonyl (C=O) groups excluding carboxylic acids is 1. The van der Waals surface area contributed by atoms with Gasteiger partial charge in [-0.05, 0) is 61.1 Å². The Kier molecular flexibility index (Phi) is 4.36. The van der Waals surface area contributed by atoms with Crippen LogP contribution >= 0.6 is 23.2 Å². The van der Waals surface area contributed by atoms with Crippen LogP contribution < -0.4 is 0 Å². The molecule has 2 aromatic rings. The normalized spacial score (nSPS) is 32.3. The Morgan fingerprint density at radius 3 is 1.38 bits per heavy atom. The van der Waals surface area contributed by atoms with Crippen molar-refractivity contribution in [3.63, 3.8) is 0 Å². The largest absolute Gasteiger partial charge is 0.298 e. The van der Waals surface area contributed by atoms with Gasteiger partial charge in [0.25, 0.3) is 0 Å². The third-order valence-electron chi connectivity index (χ3n) is 5.74. The van der Waals surface area contributed by atoms with Gasteiger partial charge in [-0.2, -0.15) is 0 Å². The van der Waals surface area contributed by atoms with Crippen molar-refractivity contribution in [1.82, 2.24) is 0 Å². The lowest BCUT2D eigenvalue weighted by atomic mass is 9.79. The fourth-order valence-corrected chi connectivity index (χ4v) is 4.20. The van der Waals surface area contributed by atoms with Crippen molar-refractivity contribution in [1.29, 1.82) is 0 Å². The van der Waals surface area contributed by atoms with E-state index in [2.05, 4.69) is 0 Å². The van der Waals surface area contributed by atoms with Gasteiger partial charge in [-0.15, -0.1) is 0 Å². The summed E-state index contributed by atoms with van der Waals surface area (Å²) in [5, 5.41) is 1.18. The molecule has 0 spiro atoms. The second kappa shape index (κ2) is 6.31. The van der Waals surface area contributed by atoms with Crippen LogP contribution in [0.5, 0.6) is 0 Å². The summed E-state index contributed by atoms with van der Waals surface area (Å²) in [6.45, 7) is 0. The van der Waals surface area contributed by atoms with Crippen LogP contribution in [0.2, 0.25) is 10.0 Å². The van der Waals surface area contributed by atoms with Crippen LogP contribution in [-0.2, 0) is 17.6 Å². The zero-order chi connectivity index (χ0) is 18.5. The summed E-state index contributed by atoms with van der Waals surface area (Å²) < 4.78 is 28.7. The Morgan fingerprint density at radius 2 is 1.12 bits per heavy atom. The number of benzene rings is 2. The second-order valence-electron chi connectivity index (χ2n) is 7.59. The lowest BCUT2D eigenvalue weighted by Gasteiger charge is -2.22. The molecule has 2 aliphatic carbocycles. The van der Waals surface area contributed by atoms with Gasteiger partial charge in [-0.1, -0.05) is 47.5 Å². The van der Waals surface area contributed by atoms with Gasteiger partial charge in [-0.25, -0.2) is 8.78 Å². The number of hydrogen-bond acceptors (Lipinski definition) is 1. The molecule has 4 unspecified atom stereocenters. The first-order valence-corrected chi connectivity index (χ1v) is 9.43. The maximum Gasteiger partial charge on any atom is 0.151 e. The maximum atomic E-state index is 14.3. The molecule has 4 rings (SSSR count). The Morgan fingerprint density at radius 1 is 0.808 bits per heavy atom. The van der Waals surface area contributed by atoms with E-state index in [1.54, 1.807) is 48.5 Å². The highest BCUT2D eigenvalue weighted by atomic mass is 35.5. The molecule has 0 heterocycles. The monoisotopic (exact) mass is 394 g/mol. The van der Waals surface area contributed by atoms with E-state index >= 15 is 0 Å². The van der Waals surface area contributed by atoms with E-state index in [0.717, 1.165) is 11.1 Å². The molecular weight excluding hydrogens is 377 g/mol. The third kappa shape index (κ3) is 3.05. The number of hydrogen-bond donors (Lipinski definition) is 0. The Bertz CT molecular complexity index is 767. The van der Waals surface area contributed by atoms with E-state index in [0.29, 0.717) is 22.9 Å². The van der Waals surface area contributed by atoms with E-state index in [9.17, 15) is 13.6 Å². The van der Waals surface area contributed by atoms with Crippen LogP contribution in [-0.4, -0.2) is 18.1 Å². The third-order valence-corrected chi connectivity index (χ3v) is 6.24. The minimum absolute atomic E-state index is 0.170. The Labute approximate surface area is 161 Å². The fraction of sp³-hybridized carbons (Fsp3) is 0.381. The van der Waals surface area contributed by atoms with Crippen LogP contribution in [0.15, 0.2) is 48.5 Å². The fourth-order valence-electron chi connectivity index (χ4n) is 3.95. The molecule has 2 aromatic carbocycles. The number of Topliss-reactive ketones (excluding diaryl/α,β-unsaturated/α-hetero) is 1. The second-order valence-corrected chi connectivity index (χ2v) is 8.46. The predicted octanol–water partition coefficient (Wildman–Crippen LogP) is 5.80. The first kappa shape index (κ1) is 17.9. The summed E-state index contributed by atoms with van der Waals surface area (Å²) in [5.74, 6) is -0.269. The van der Waals surface area contributed by atoms with E-state index in [1.165, 1.54) is 0 Å². The van der Waals surface area contributed by atoms with E-state index in [1.807, 2.05) is 0 Å². The van der Waals surface area contributed by atoms with Crippen LogP contribution in [0.25, 0.3) is 0 Å². The van der Waals surface area contributed by atoms with Crippen molar-refractivity contribution in [3.8, 4) is 0 Å². The summed E-state index contributed by atoms with van der Waals surface area (Å²) in [6.07, 6.45) is -1.49. The van der Waals surface area contributed by atoms with Crippen molar-refractivity contribution in [2.75, 3.05) is 0 Å². The molecule has 1 nitrogen and oxygen atoms in total. The van der Waals surface area contributed by atoms with Crippen molar-refractivity contribution < 1.29 is 13.6 Å². The van der Waals surface area contributed by atoms with Crippen LogP contribution in [0.1, 0.15) is 24.0 Å². The van der Waals surface area contributed by atoms with Crippen LogP contribution in [0, 0.1) is 10.8 Å². The highest BCUT2D eigenvalue weighted by Crippen LogP contribution is 2.63. The molecule has 0 amide bonds. The summed E-state index contributed by atoms with van der Waals surface area (Å²) >= 11 is 11.8. The molecule has 0 N–H and O–H groups in total. The summed E-state index contributed by atoms with van der Waals surface area (Å²) in [4.78, 5) is 13.2. The number of carbonyl (C=O) groups is 1. The SMILES string of the molecule is O=C(C1(Cc2ccc(Cl)cc2)CC1F)C1(Cc2ccc(Cl)cc2)CC1F. The zero-order valence-electron chi connectivity index (χ0n) is 14.0. The van der Waals surface area contributed by atoms with Gasteiger partial charge < -0.3 is 0 Å². The average molecular weight is 395 g/mol. The van der Waals surface area contributed by atoms with E-state index in [-0.39, 0.29) is 18.6 Å². The average Bonchev–Trinajstić information content (AvgIpc) is 3.48. The minimum atomic E-state index is -1.21. The van der Waals surface area contributed by atoms with Gasteiger partial charge in [0.15, 0.2) is 5.78 Å². The molecule has 5 heteroatoms. The van der Waals surface area contributed by atoms with E-state index < -0.39 is 23.2 Å². The van der Waals surface area contributed by atoms with Crippen molar-refractivity contribution >= 4 is 29.0 Å². The highest BCUT2D eigenvalue weighted by molar-refractivity contribution is 6.30. The lowest BCUT2D eigenvalue weighted by Crippen LogP contribution is -2.33. The molecule has 136 valence electrons. The molecule has 2 aliphatic rings. The van der Waals surface area contributed by atoms with Gasteiger partial charge in [0.05, 0.1) is 10.8 Å². The summed E-state index contributed by atoms with van der Waals surface area (Å²) in [5.41, 5.74) is -0.497. The molecule has 0 saturated heterocycles. The molecule has 4 atom stereocenters. The number of halogens is 4. The van der Waals surface area contributed by atoms with Crippen molar-refractivity contribution in [3.05, 3.63) is 69.7 Å². The molecule has 2 saturated carbocycles. The predicted molar refractivity (Wildman–Crippen MR) is 99.2 cm³/mol. The molecule has 0 bridgehead atoms. The van der Waals surface area contributed by atoms with Gasteiger partial charge in [-0.3, -0.25) is 4.79 Å². The molecule has 26 heavy (non-hydrogen) atoms. The molecule has 2 fully saturated rings. The maximum absolute atomic E-state index is 14.3. The summed E-state index contributed by atoms with van der Waals surface area (Å²) in [7, 11) is 0. The Hall–Kier alpha value is -1.45. The van der Waals surface area contributed by atoms with Crippen molar-refractivity contribution in [2.45, 2.75) is 38.0 Å². The van der Waals surface area contributed by atoms with E-state index in [4.69, 9.17) is 23.2 Å². The molecule has 0 aliphatic heterocycles. The molecule has 0 radical (unpaired) electrons. The Balaban J connectivity index is 1.57. The summed E-state index contributed by atoms with van der Waals surface area (Å²) in [6, 6.07) is 14.1. The standard InChI is InChI=1S/C21H18Cl2F2O/c22-15-5-1-13(2-6-15)9-20(11-17(20)24)19(26)21(12-18(21)25)10-14-3-7-16(23)8-4-14/h1-8,17-18H,9-12H2. The number of ketones is 1. The minimum Gasteiger partial charge on any atom is -0.298 e.